The Hall–Kier alpha value is -4.87. The number of aromatic nitrogens is 5. The summed E-state index contributed by atoms with van der Waals surface area (Å²) in [5.41, 5.74) is 6.04. The third kappa shape index (κ3) is 4.56. The topological polar surface area (TPSA) is 198 Å². The molecule has 0 radical (unpaired) electrons. The highest BCUT2D eigenvalue weighted by Crippen LogP contribution is 2.29. The molecule has 1 saturated heterocycles. The number of nitriles is 1. The van der Waals surface area contributed by atoms with Crippen molar-refractivity contribution in [3.05, 3.63) is 48.4 Å². The lowest BCUT2D eigenvalue weighted by Crippen LogP contribution is -2.61. The molecule has 3 aromatic heterocycles. The molecule has 1 aliphatic heterocycles. The van der Waals surface area contributed by atoms with Gasteiger partial charge in [0.25, 0.3) is 11.8 Å². The standard InChI is InChI=1S/C23H21N9O5/c1-23(2)11-31(17-5-6-32(29-17)14-7-13(9-24)28-26-10-14)22(35)19(36-23)18(33)21(34)27-12-3-4-15-16(8-12)37-30-20(15)25/h3-8,10,18-19,33H,11H2,1-2H3,(H2,25,30)(H,27,34)/t18?,19-/m1/s1. The monoisotopic (exact) mass is 503 g/mol. The van der Waals surface area contributed by atoms with E-state index in [-0.39, 0.29) is 23.9 Å². The Morgan fingerprint density at radius 2 is 2.16 bits per heavy atom. The Morgan fingerprint density at radius 3 is 2.95 bits per heavy atom. The molecular formula is C23H21N9O5. The van der Waals surface area contributed by atoms with Gasteiger partial charge in [0.2, 0.25) is 0 Å². The van der Waals surface area contributed by atoms with Crippen molar-refractivity contribution in [1.29, 1.82) is 5.26 Å². The van der Waals surface area contributed by atoms with E-state index in [9.17, 15) is 14.7 Å². The van der Waals surface area contributed by atoms with Crippen molar-refractivity contribution in [2.75, 3.05) is 22.5 Å². The fourth-order valence-corrected chi connectivity index (χ4v) is 3.96. The minimum atomic E-state index is -1.82. The van der Waals surface area contributed by atoms with Gasteiger partial charge in [0, 0.05) is 30.1 Å². The van der Waals surface area contributed by atoms with Crippen LogP contribution in [-0.4, -0.2) is 66.4 Å². The number of aliphatic hydroxyl groups excluding tert-OH is 1. The quantitative estimate of drug-likeness (QED) is 0.347. The van der Waals surface area contributed by atoms with Crippen molar-refractivity contribution in [1.82, 2.24) is 25.1 Å². The van der Waals surface area contributed by atoms with Crippen LogP contribution in [0.25, 0.3) is 16.7 Å². The van der Waals surface area contributed by atoms with E-state index in [1.165, 1.54) is 27.9 Å². The third-order valence-electron chi connectivity index (χ3n) is 5.69. The highest BCUT2D eigenvalue weighted by Gasteiger charge is 2.46. The number of morpholine rings is 1. The minimum Gasteiger partial charge on any atom is -0.380 e. The molecule has 4 aromatic rings. The maximum atomic E-state index is 13.3. The van der Waals surface area contributed by atoms with Crippen molar-refractivity contribution in [3.63, 3.8) is 0 Å². The van der Waals surface area contributed by atoms with Crippen LogP contribution in [0, 0.1) is 11.3 Å². The molecule has 5 rings (SSSR count). The van der Waals surface area contributed by atoms with Crippen molar-refractivity contribution in [3.8, 4) is 11.8 Å². The molecule has 188 valence electrons. The molecule has 14 heteroatoms. The van der Waals surface area contributed by atoms with Gasteiger partial charge in [-0.15, -0.1) is 10.2 Å². The van der Waals surface area contributed by atoms with Crippen LogP contribution in [0.4, 0.5) is 17.3 Å². The molecule has 37 heavy (non-hydrogen) atoms. The maximum absolute atomic E-state index is 13.3. The number of rotatable bonds is 5. The molecule has 4 N–H and O–H groups in total. The number of nitrogens with one attached hydrogen (secondary N) is 1. The SMILES string of the molecule is CC1(C)CN(c2ccn(-c3cnnc(C#N)c3)n2)C(=O)[C@@H](C(O)C(=O)Nc2ccc3c(N)noc3c2)O1. The molecule has 1 fully saturated rings. The van der Waals surface area contributed by atoms with E-state index in [0.29, 0.717) is 22.3 Å². The number of aliphatic hydroxyl groups is 1. The number of carbonyl (C=O) groups is 2. The number of benzene rings is 1. The summed E-state index contributed by atoms with van der Waals surface area (Å²) in [6.07, 6.45) is -0.307. The zero-order chi connectivity index (χ0) is 26.3. The zero-order valence-electron chi connectivity index (χ0n) is 19.7. The smallest absolute Gasteiger partial charge is 0.260 e. The number of ether oxygens (including phenoxy) is 1. The Labute approximate surface area is 209 Å². The first-order valence-corrected chi connectivity index (χ1v) is 11.1. The molecule has 2 amide bonds. The average molecular weight is 503 g/mol. The van der Waals surface area contributed by atoms with Crippen molar-refractivity contribution < 1.29 is 24.0 Å². The predicted molar refractivity (Wildman–Crippen MR) is 128 cm³/mol. The molecule has 4 heterocycles. The van der Waals surface area contributed by atoms with E-state index in [4.69, 9.17) is 20.3 Å². The molecule has 1 aliphatic rings. The first kappa shape index (κ1) is 23.9. The molecule has 0 spiro atoms. The molecular weight excluding hydrogens is 482 g/mol. The summed E-state index contributed by atoms with van der Waals surface area (Å²) in [5, 5.41) is 38.5. The van der Waals surface area contributed by atoms with Gasteiger partial charge < -0.3 is 25.4 Å². The number of fused-ring (bicyclic) bond motifs is 1. The second kappa shape index (κ2) is 8.97. The third-order valence-corrected chi connectivity index (χ3v) is 5.69. The van der Waals surface area contributed by atoms with Crippen LogP contribution >= 0.6 is 0 Å². The van der Waals surface area contributed by atoms with E-state index >= 15 is 0 Å². The summed E-state index contributed by atoms with van der Waals surface area (Å²) < 4.78 is 12.3. The van der Waals surface area contributed by atoms with E-state index in [2.05, 4.69) is 25.8 Å². The first-order valence-electron chi connectivity index (χ1n) is 11.1. The number of hydrogen-bond acceptors (Lipinski definition) is 11. The minimum absolute atomic E-state index is 0.109. The van der Waals surface area contributed by atoms with Crippen LogP contribution in [0.3, 0.4) is 0 Å². The number of amides is 2. The number of hydrogen-bond donors (Lipinski definition) is 3. The highest BCUT2D eigenvalue weighted by molar-refractivity contribution is 6.04. The Morgan fingerprint density at radius 1 is 1.35 bits per heavy atom. The van der Waals surface area contributed by atoms with Gasteiger partial charge in [-0.25, -0.2) is 4.68 Å². The van der Waals surface area contributed by atoms with E-state index in [1.807, 2.05) is 6.07 Å². The van der Waals surface area contributed by atoms with Gasteiger partial charge in [0.05, 0.1) is 29.4 Å². The fourth-order valence-electron chi connectivity index (χ4n) is 3.96. The second-order valence-electron chi connectivity index (χ2n) is 8.96. The van der Waals surface area contributed by atoms with E-state index < -0.39 is 29.6 Å². The van der Waals surface area contributed by atoms with E-state index in [0.717, 1.165) is 0 Å². The summed E-state index contributed by atoms with van der Waals surface area (Å²) in [4.78, 5) is 27.5. The molecule has 1 aromatic carbocycles. The first-order chi connectivity index (χ1) is 17.6. The van der Waals surface area contributed by atoms with Crippen molar-refractivity contribution >= 4 is 40.1 Å². The summed E-state index contributed by atoms with van der Waals surface area (Å²) in [7, 11) is 0. The number of carbonyl (C=O) groups excluding carboxylic acids is 2. The zero-order valence-corrected chi connectivity index (χ0v) is 19.7. The molecule has 14 nitrogen and oxygen atoms in total. The molecule has 1 unspecified atom stereocenters. The lowest BCUT2D eigenvalue weighted by Gasteiger charge is -2.42. The number of anilines is 3. The van der Waals surface area contributed by atoms with Crippen LogP contribution in [0.1, 0.15) is 19.5 Å². The fraction of sp³-hybridized carbons (Fsp3) is 0.261. The van der Waals surface area contributed by atoms with E-state index in [1.54, 1.807) is 38.2 Å². The second-order valence-corrected chi connectivity index (χ2v) is 8.96. The Balaban J connectivity index is 1.36. The Bertz CT molecular complexity index is 1550. The van der Waals surface area contributed by atoms with Gasteiger partial charge >= 0.3 is 0 Å². The number of nitrogens with two attached hydrogens (primary N) is 1. The summed E-state index contributed by atoms with van der Waals surface area (Å²) >= 11 is 0. The summed E-state index contributed by atoms with van der Waals surface area (Å²) in [6, 6.07) is 9.68. The van der Waals surface area contributed by atoms with Gasteiger partial charge in [0.15, 0.2) is 35.1 Å². The highest BCUT2D eigenvalue weighted by atomic mass is 16.5. The van der Waals surface area contributed by atoms with Crippen LogP contribution in [-0.2, 0) is 14.3 Å². The van der Waals surface area contributed by atoms with Gasteiger partial charge in [-0.05, 0) is 26.0 Å². The largest absolute Gasteiger partial charge is 0.380 e. The Kier molecular flexibility index (Phi) is 5.78. The predicted octanol–water partition coefficient (Wildman–Crippen LogP) is 0.767. The number of nitrogen functional groups attached to an aromatic ring is 1. The average Bonchev–Trinajstić information content (AvgIpc) is 3.52. The summed E-state index contributed by atoms with van der Waals surface area (Å²) in [6.45, 7) is 3.58. The van der Waals surface area contributed by atoms with Crippen LogP contribution in [0.2, 0.25) is 0 Å². The summed E-state index contributed by atoms with van der Waals surface area (Å²) in [5.74, 6) is -1.01. The van der Waals surface area contributed by atoms with Crippen molar-refractivity contribution in [2.45, 2.75) is 31.7 Å². The molecule has 0 bridgehead atoms. The van der Waals surface area contributed by atoms with Crippen LogP contribution in [0.5, 0.6) is 0 Å². The molecule has 2 atom stereocenters. The van der Waals surface area contributed by atoms with Gasteiger partial charge in [0.1, 0.15) is 6.07 Å². The van der Waals surface area contributed by atoms with Gasteiger partial charge in [-0.1, -0.05) is 5.16 Å². The van der Waals surface area contributed by atoms with Gasteiger partial charge in [-0.2, -0.15) is 10.4 Å². The normalized spacial score (nSPS) is 17.9. The lowest BCUT2D eigenvalue weighted by molar-refractivity contribution is -0.169. The molecule has 0 saturated carbocycles. The number of nitrogens with zero attached hydrogens (tertiary/aromatic N) is 7. The van der Waals surface area contributed by atoms with Crippen LogP contribution in [0.15, 0.2) is 47.2 Å². The lowest BCUT2D eigenvalue weighted by atomic mass is 10.0. The van der Waals surface area contributed by atoms with Crippen LogP contribution < -0.4 is 16.0 Å². The molecule has 0 aliphatic carbocycles. The van der Waals surface area contributed by atoms with Crippen molar-refractivity contribution in [2.24, 2.45) is 0 Å². The van der Waals surface area contributed by atoms with Gasteiger partial charge in [-0.3, -0.25) is 14.5 Å². The maximum Gasteiger partial charge on any atom is 0.260 e.